The zero-order chi connectivity index (χ0) is 11.4. The van der Waals surface area contributed by atoms with Crippen LogP contribution in [0.1, 0.15) is 0 Å². The van der Waals surface area contributed by atoms with Gasteiger partial charge in [-0.3, -0.25) is 4.79 Å². The van der Waals surface area contributed by atoms with Gasteiger partial charge in [0.15, 0.2) is 0 Å². The summed E-state index contributed by atoms with van der Waals surface area (Å²) in [7, 11) is 9.78. The number of pyridine rings is 1. The summed E-state index contributed by atoms with van der Waals surface area (Å²) in [4.78, 5) is 12.7. The number of H-pyrrole nitrogens is 1. The average molecular weight is 279 g/mol. The van der Waals surface area contributed by atoms with Gasteiger partial charge in [-0.15, -0.1) is 0 Å². The SMILES string of the molecule is O=c1cccc[nH]1.[CH]1[CH][CH][CH][CH]1.[Cl][Ti][Cl]. The van der Waals surface area contributed by atoms with Gasteiger partial charge in [0.2, 0.25) is 5.56 Å². The monoisotopic (exact) mass is 278 g/mol. The predicted molar refractivity (Wildman–Crippen MR) is 60.3 cm³/mol. The van der Waals surface area contributed by atoms with Crippen molar-refractivity contribution in [3.05, 3.63) is 66.9 Å². The molecule has 0 unspecified atom stereocenters. The standard InChI is InChI=1S/C5H5NO.C5H5.2ClH.Ti/c7-5-3-1-2-4-6-5;1-2-4-5-3-1;;;/h1-4H,(H,6,7);1-5H;2*1H;/q;;;;+2/p-2. The molecular formula is C10H10Cl2NOTi. The van der Waals surface area contributed by atoms with Crippen molar-refractivity contribution < 1.29 is 17.0 Å². The number of aromatic amines is 1. The molecule has 5 heteroatoms. The topological polar surface area (TPSA) is 32.9 Å². The Kier molecular flexibility index (Phi) is 12.5. The zero-order valence-corrected chi connectivity index (χ0v) is 10.9. The van der Waals surface area contributed by atoms with E-state index >= 15 is 0 Å². The molecule has 1 aliphatic carbocycles. The maximum absolute atomic E-state index is 10.2. The Morgan fingerprint density at radius 1 is 1.00 bits per heavy atom. The molecule has 2 rings (SSSR count). The number of halogens is 2. The van der Waals surface area contributed by atoms with Gasteiger partial charge < -0.3 is 4.98 Å². The van der Waals surface area contributed by atoms with Crippen LogP contribution in [0.3, 0.4) is 0 Å². The molecule has 1 aromatic heterocycles. The van der Waals surface area contributed by atoms with E-state index in [0.29, 0.717) is 0 Å². The second-order valence-electron chi connectivity index (χ2n) is 2.26. The Bertz CT molecular complexity index is 251. The summed E-state index contributed by atoms with van der Waals surface area (Å²) in [6, 6.07) is 4.93. The summed E-state index contributed by atoms with van der Waals surface area (Å²) in [6.45, 7) is 0. The van der Waals surface area contributed by atoms with E-state index in [-0.39, 0.29) is 5.56 Å². The van der Waals surface area contributed by atoms with Crippen LogP contribution in [0.5, 0.6) is 0 Å². The number of hydrogen-bond acceptors (Lipinski definition) is 1. The van der Waals surface area contributed by atoms with Crippen molar-refractivity contribution in [3.63, 3.8) is 0 Å². The van der Waals surface area contributed by atoms with E-state index in [9.17, 15) is 4.79 Å². The van der Waals surface area contributed by atoms with Crippen LogP contribution in [0.2, 0.25) is 0 Å². The predicted octanol–water partition coefficient (Wildman–Crippen LogP) is 2.77. The molecule has 1 N–H and O–H groups in total. The Morgan fingerprint density at radius 3 is 1.67 bits per heavy atom. The molecule has 1 aromatic rings. The Morgan fingerprint density at radius 2 is 1.47 bits per heavy atom. The maximum atomic E-state index is 10.2. The van der Waals surface area contributed by atoms with Crippen LogP contribution in [0.15, 0.2) is 29.2 Å². The number of nitrogens with one attached hydrogen (secondary N) is 1. The molecule has 0 atom stereocenters. The third-order valence-electron chi connectivity index (χ3n) is 1.24. The molecular weight excluding hydrogens is 269 g/mol. The van der Waals surface area contributed by atoms with Gasteiger partial charge in [-0.1, -0.05) is 6.07 Å². The third kappa shape index (κ3) is 12.2. The summed E-state index contributed by atoms with van der Waals surface area (Å²) < 4.78 is 0. The average Bonchev–Trinajstić information content (AvgIpc) is 2.78. The fourth-order valence-electron chi connectivity index (χ4n) is 0.698. The van der Waals surface area contributed by atoms with E-state index in [2.05, 4.69) is 4.98 Å². The Balaban J connectivity index is 0.000000216. The molecule has 0 aromatic carbocycles. The minimum absolute atomic E-state index is 0.0532. The molecule has 0 amide bonds. The van der Waals surface area contributed by atoms with Crippen molar-refractivity contribution in [2.45, 2.75) is 0 Å². The Hall–Kier alpha value is 0.244. The van der Waals surface area contributed by atoms with Crippen LogP contribution >= 0.6 is 18.6 Å². The second-order valence-corrected chi connectivity index (χ2v) is 4.84. The zero-order valence-electron chi connectivity index (χ0n) is 7.86. The summed E-state index contributed by atoms with van der Waals surface area (Å²) in [5.41, 5.74) is -0.0532. The number of hydrogen-bond donors (Lipinski definition) is 1. The van der Waals surface area contributed by atoms with Crippen LogP contribution in [-0.2, 0) is 17.0 Å². The van der Waals surface area contributed by atoms with Gasteiger partial charge in [0.25, 0.3) is 0 Å². The normalized spacial score (nSPS) is 12.9. The quantitative estimate of drug-likeness (QED) is 0.728. The summed E-state index contributed by atoms with van der Waals surface area (Å²) in [5, 5.41) is 0. The summed E-state index contributed by atoms with van der Waals surface area (Å²) >= 11 is -0.556. The third-order valence-corrected chi connectivity index (χ3v) is 1.24. The molecule has 0 bridgehead atoms. The van der Waals surface area contributed by atoms with Crippen molar-refractivity contribution >= 4 is 18.6 Å². The van der Waals surface area contributed by atoms with E-state index < -0.39 is 17.0 Å². The molecule has 2 nitrogen and oxygen atoms in total. The van der Waals surface area contributed by atoms with Gasteiger partial charge in [0.1, 0.15) is 0 Å². The summed E-state index contributed by atoms with van der Waals surface area (Å²) in [5.74, 6) is 0. The van der Waals surface area contributed by atoms with E-state index in [1.165, 1.54) is 6.07 Å². The van der Waals surface area contributed by atoms with Gasteiger partial charge in [0.05, 0.1) is 0 Å². The van der Waals surface area contributed by atoms with E-state index in [4.69, 9.17) is 18.6 Å². The molecule has 1 aliphatic rings. The Labute approximate surface area is 107 Å². The first-order chi connectivity index (χ1) is 7.31. The van der Waals surface area contributed by atoms with E-state index in [0.717, 1.165) is 0 Å². The molecule has 1 saturated carbocycles. The van der Waals surface area contributed by atoms with Gasteiger partial charge in [0, 0.05) is 12.3 Å². The van der Waals surface area contributed by atoms with Crippen LogP contribution in [-0.4, -0.2) is 4.98 Å². The van der Waals surface area contributed by atoms with Gasteiger partial charge in [-0.2, -0.15) is 0 Å². The first kappa shape index (κ1) is 15.2. The second kappa shape index (κ2) is 12.3. The van der Waals surface area contributed by atoms with Crippen molar-refractivity contribution in [2.24, 2.45) is 0 Å². The van der Waals surface area contributed by atoms with Crippen molar-refractivity contribution in [1.29, 1.82) is 0 Å². The molecule has 79 valence electrons. The number of aromatic nitrogens is 1. The van der Waals surface area contributed by atoms with Crippen molar-refractivity contribution in [2.75, 3.05) is 0 Å². The molecule has 0 aliphatic heterocycles. The van der Waals surface area contributed by atoms with Gasteiger partial charge in [-0.05, 0) is 38.2 Å². The summed E-state index contributed by atoms with van der Waals surface area (Å²) in [6.07, 6.45) is 11.6. The van der Waals surface area contributed by atoms with Crippen molar-refractivity contribution in [3.8, 4) is 0 Å². The fourth-order valence-corrected chi connectivity index (χ4v) is 0.698. The molecule has 0 spiro atoms. The fraction of sp³-hybridized carbons (Fsp3) is 0. The van der Waals surface area contributed by atoms with Gasteiger partial charge in [-0.25, -0.2) is 0 Å². The van der Waals surface area contributed by atoms with Crippen LogP contribution < -0.4 is 5.56 Å². The van der Waals surface area contributed by atoms with E-state index in [1.54, 1.807) is 18.3 Å². The van der Waals surface area contributed by atoms with Crippen molar-refractivity contribution in [1.82, 2.24) is 4.98 Å². The van der Waals surface area contributed by atoms with E-state index in [1.807, 2.05) is 32.1 Å². The van der Waals surface area contributed by atoms with Crippen LogP contribution in [0.25, 0.3) is 0 Å². The minimum atomic E-state index is -0.556. The molecule has 15 heavy (non-hydrogen) atoms. The molecule has 1 heterocycles. The first-order valence-corrected chi connectivity index (χ1v) is 8.37. The number of rotatable bonds is 0. The first-order valence-electron chi connectivity index (χ1n) is 4.08. The molecule has 5 radical (unpaired) electrons. The molecule has 1 fully saturated rings. The van der Waals surface area contributed by atoms with Crippen LogP contribution in [0.4, 0.5) is 0 Å². The molecule has 0 saturated heterocycles. The van der Waals surface area contributed by atoms with Crippen LogP contribution in [0, 0.1) is 32.1 Å². The van der Waals surface area contributed by atoms with Gasteiger partial charge >= 0.3 is 35.6 Å².